The van der Waals surface area contributed by atoms with E-state index in [4.69, 9.17) is 9.52 Å². The van der Waals surface area contributed by atoms with Crippen LogP contribution in [0.3, 0.4) is 0 Å². The number of benzene rings is 1. The van der Waals surface area contributed by atoms with Gasteiger partial charge in [-0.1, -0.05) is 12.1 Å². The Bertz CT molecular complexity index is 781. The Labute approximate surface area is 146 Å². The number of carbonyl (C=O) groups excluding carboxylic acids is 1. The van der Waals surface area contributed by atoms with Crippen LogP contribution in [0, 0.1) is 6.92 Å². The monoisotopic (exact) mass is 371 g/mol. The van der Waals surface area contributed by atoms with Crippen LogP contribution in [0.1, 0.15) is 27.2 Å². The lowest BCUT2D eigenvalue weighted by molar-refractivity contribution is -0.153. The van der Waals surface area contributed by atoms with E-state index in [0.717, 1.165) is 0 Å². The normalized spacial score (nSPS) is 11.2. The highest BCUT2D eigenvalue weighted by molar-refractivity contribution is 5.97. The number of nitrogens with one attached hydrogen (secondary N) is 1. The van der Waals surface area contributed by atoms with Crippen LogP contribution in [0.4, 0.5) is 13.2 Å². The molecule has 0 saturated heterocycles. The molecule has 1 aromatic heterocycles. The molecule has 0 saturated carbocycles. The van der Waals surface area contributed by atoms with E-state index >= 15 is 0 Å². The first-order valence-electron chi connectivity index (χ1n) is 7.51. The lowest BCUT2D eigenvalue weighted by Gasteiger charge is -2.10. The number of alkyl halides is 3. The number of rotatable bonds is 7. The second kappa shape index (κ2) is 7.94. The van der Waals surface area contributed by atoms with Crippen molar-refractivity contribution in [3.63, 3.8) is 0 Å². The van der Waals surface area contributed by atoms with Gasteiger partial charge in [0.2, 0.25) is 0 Å². The molecule has 0 radical (unpaired) electrons. The number of carboxylic acids is 1. The van der Waals surface area contributed by atoms with Gasteiger partial charge in [-0.3, -0.25) is 9.59 Å². The number of hydrogen-bond donors (Lipinski definition) is 2. The summed E-state index contributed by atoms with van der Waals surface area (Å²) in [6.07, 6.45) is -3.52. The van der Waals surface area contributed by atoms with Gasteiger partial charge >= 0.3 is 12.1 Å². The van der Waals surface area contributed by atoms with Gasteiger partial charge in [0.05, 0.1) is 11.8 Å². The molecule has 1 heterocycles. The lowest BCUT2D eigenvalue weighted by atomic mass is 10.1. The predicted octanol–water partition coefficient (Wildman–Crippen LogP) is 3.09. The van der Waals surface area contributed by atoms with Crippen LogP contribution in [0.15, 0.2) is 34.9 Å². The van der Waals surface area contributed by atoms with E-state index in [0.29, 0.717) is 11.1 Å². The minimum Gasteiger partial charge on any atom is -0.484 e. The third-order valence-corrected chi connectivity index (χ3v) is 3.37. The van der Waals surface area contributed by atoms with E-state index in [1.54, 1.807) is 6.92 Å². The van der Waals surface area contributed by atoms with Crippen LogP contribution < -0.4 is 10.1 Å². The molecule has 1 aromatic carbocycles. The molecule has 0 unspecified atom stereocenters. The molecular formula is C17H16F3NO5. The fourth-order valence-corrected chi connectivity index (χ4v) is 2.21. The molecule has 0 bridgehead atoms. The van der Waals surface area contributed by atoms with Crippen molar-refractivity contribution in [1.82, 2.24) is 5.32 Å². The first-order chi connectivity index (χ1) is 12.2. The van der Waals surface area contributed by atoms with Crippen molar-refractivity contribution in [3.8, 4) is 5.75 Å². The van der Waals surface area contributed by atoms with Crippen molar-refractivity contribution in [3.05, 3.63) is 53.0 Å². The van der Waals surface area contributed by atoms with Crippen molar-refractivity contribution >= 4 is 11.9 Å². The van der Waals surface area contributed by atoms with Crippen LogP contribution in [-0.4, -0.2) is 29.8 Å². The van der Waals surface area contributed by atoms with Gasteiger partial charge < -0.3 is 19.6 Å². The maximum atomic E-state index is 12.3. The topological polar surface area (TPSA) is 88.8 Å². The molecule has 2 rings (SSSR count). The van der Waals surface area contributed by atoms with Crippen LogP contribution in [0.5, 0.6) is 5.75 Å². The van der Waals surface area contributed by atoms with Gasteiger partial charge in [0.15, 0.2) is 6.61 Å². The Kier molecular flexibility index (Phi) is 5.91. The smallest absolute Gasteiger partial charge is 0.422 e. The van der Waals surface area contributed by atoms with Gasteiger partial charge in [-0.2, -0.15) is 13.2 Å². The third kappa shape index (κ3) is 5.54. The molecule has 0 aliphatic carbocycles. The SMILES string of the molecule is Cc1coc(CC(=O)O)c1C(=O)NCc1ccc(OCC(F)(F)F)cc1. The van der Waals surface area contributed by atoms with Crippen molar-refractivity contribution in [2.24, 2.45) is 0 Å². The number of aryl methyl sites for hydroxylation is 1. The minimum absolute atomic E-state index is 0.0587. The summed E-state index contributed by atoms with van der Waals surface area (Å²) in [5.41, 5.74) is 1.31. The summed E-state index contributed by atoms with van der Waals surface area (Å²) < 4.78 is 46.0. The summed E-state index contributed by atoms with van der Waals surface area (Å²) in [5, 5.41) is 11.5. The minimum atomic E-state index is -4.41. The maximum absolute atomic E-state index is 12.3. The van der Waals surface area contributed by atoms with Crippen molar-refractivity contribution in [1.29, 1.82) is 0 Å². The molecule has 26 heavy (non-hydrogen) atoms. The molecule has 0 aliphatic rings. The van der Waals surface area contributed by atoms with Gasteiger partial charge in [0, 0.05) is 12.1 Å². The summed E-state index contributed by atoms with van der Waals surface area (Å²) >= 11 is 0. The van der Waals surface area contributed by atoms with Crippen molar-refractivity contribution < 1.29 is 37.0 Å². The molecule has 2 aromatic rings. The average molecular weight is 371 g/mol. The highest BCUT2D eigenvalue weighted by Crippen LogP contribution is 2.20. The summed E-state index contributed by atoms with van der Waals surface area (Å²) in [7, 11) is 0. The molecule has 0 spiro atoms. The van der Waals surface area contributed by atoms with Crippen LogP contribution in [-0.2, 0) is 17.8 Å². The molecular weight excluding hydrogens is 355 g/mol. The zero-order valence-corrected chi connectivity index (χ0v) is 13.7. The summed E-state index contributed by atoms with van der Waals surface area (Å²) in [4.78, 5) is 23.1. The Morgan fingerprint density at radius 1 is 1.23 bits per heavy atom. The maximum Gasteiger partial charge on any atom is 0.422 e. The van der Waals surface area contributed by atoms with Gasteiger partial charge in [-0.05, 0) is 24.6 Å². The number of aliphatic carboxylic acids is 1. The van der Waals surface area contributed by atoms with E-state index in [1.165, 1.54) is 30.5 Å². The van der Waals surface area contributed by atoms with Crippen molar-refractivity contribution in [2.75, 3.05) is 6.61 Å². The van der Waals surface area contributed by atoms with E-state index in [2.05, 4.69) is 10.1 Å². The molecule has 140 valence electrons. The van der Waals surface area contributed by atoms with Crippen LogP contribution >= 0.6 is 0 Å². The zero-order chi connectivity index (χ0) is 19.3. The summed E-state index contributed by atoms with van der Waals surface area (Å²) in [5.74, 6) is -1.50. The number of ether oxygens (including phenoxy) is 1. The highest BCUT2D eigenvalue weighted by atomic mass is 19.4. The number of hydrogen-bond acceptors (Lipinski definition) is 4. The summed E-state index contributed by atoms with van der Waals surface area (Å²) in [6, 6.07) is 5.77. The van der Waals surface area contributed by atoms with Gasteiger partial charge in [0.1, 0.15) is 17.9 Å². The largest absolute Gasteiger partial charge is 0.484 e. The Morgan fingerprint density at radius 2 is 1.88 bits per heavy atom. The van der Waals surface area contributed by atoms with Gasteiger partial charge in [-0.15, -0.1) is 0 Å². The Balaban J connectivity index is 1.95. The first kappa shape index (κ1) is 19.4. The predicted molar refractivity (Wildman–Crippen MR) is 83.9 cm³/mol. The van der Waals surface area contributed by atoms with Crippen LogP contribution in [0.2, 0.25) is 0 Å². The number of amides is 1. The molecule has 1 amide bonds. The third-order valence-electron chi connectivity index (χ3n) is 3.37. The summed E-state index contributed by atoms with van der Waals surface area (Å²) in [6.45, 7) is 0.348. The Morgan fingerprint density at radius 3 is 2.46 bits per heavy atom. The first-order valence-corrected chi connectivity index (χ1v) is 7.51. The fourth-order valence-electron chi connectivity index (χ4n) is 2.21. The second-order valence-electron chi connectivity index (χ2n) is 5.52. The van der Waals surface area contributed by atoms with E-state index in [-0.39, 0.29) is 23.6 Å². The van der Waals surface area contributed by atoms with E-state index in [9.17, 15) is 22.8 Å². The molecule has 0 atom stereocenters. The van der Waals surface area contributed by atoms with E-state index in [1.807, 2.05) is 0 Å². The fraction of sp³-hybridized carbons (Fsp3) is 0.294. The number of carboxylic acid groups (broad SMARTS) is 1. The van der Waals surface area contributed by atoms with Crippen LogP contribution in [0.25, 0.3) is 0 Å². The molecule has 0 fully saturated rings. The molecule has 2 N–H and O–H groups in total. The molecule has 9 heteroatoms. The standard InChI is InChI=1S/C17H16F3NO5/c1-10-8-25-13(6-14(22)23)15(10)16(24)21-7-11-2-4-12(5-3-11)26-9-17(18,19)20/h2-5,8H,6-7,9H2,1H3,(H,21,24)(H,22,23). The Hall–Kier alpha value is -2.97. The second-order valence-corrected chi connectivity index (χ2v) is 5.52. The number of carbonyl (C=O) groups is 2. The number of furan rings is 1. The van der Waals surface area contributed by atoms with E-state index < -0.39 is 31.1 Å². The zero-order valence-electron chi connectivity index (χ0n) is 13.7. The lowest BCUT2D eigenvalue weighted by Crippen LogP contribution is -2.24. The van der Waals surface area contributed by atoms with Gasteiger partial charge in [0.25, 0.3) is 5.91 Å². The average Bonchev–Trinajstić information content (AvgIpc) is 2.91. The van der Waals surface area contributed by atoms with Gasteiger partial charge in [-0.25, -0.2) is 0 Å². The quantitative estimate of drug-likeness (QED) is 0.781. The highest BCUT2D eigenvalue weighted by Gasteiger charge is 2.28. The van der Waals surface area contributed by atoms with Crippen molar-refractivity contribution in [2.45, 2.75) is 26.1 Å². The number of halogens is 3. The molecule has 0 aliphatic heterocycles. The molecule has 6 nitrogen and oxygen atoms in total.